The first-order valence-electron chi connectivity index (χ1n) is 3.51. The van der Waals surface area contributed by atoms with Crippen molar-refractivity contribution in [3.8, 4) is 6.19 Å². The van der Waals surface area contributed by atoms with Gasteiger partial charge in [-0.2, -0.15) is 5.26 Å². The van der Waals surface area contributed by atoms with Crippen molar-refractivity contribution in [1.82, 2.24) is 15.3 Å². The van der Waals surface area contributed by atoms with E-state index < -0.39 is 0 Å². The maximum atomic E-state index is 8.58. The number of nitrogens with zero attached hydrogens (tertiary/aromatic N) is 4. The Kier molecular flexibility index (Phi) is 1.45. The lowest BCUT2D eigenvalue weighted by atomic mass is 10.6. The Morgan fingerprint density at radius 2 is 2.58 bits per heavy atom. The maximum Gasteiger partial charge on any atom is 0.201 e. The fourth-order valence-electron chi connectivity index (χ4n) is 1.06. The molecular formula is C7H7N5. The van der Waals surface area contributed by atoms with E-state index in [1.54, 1.807) is 12.4 Å². The average Bonchev–Trinajstić information content (AvgIpc) is 2.37. The molecule has 0 aromatic heterocycles. The van der Waals surface area contributed by atoms with E-state index in [1.807, 2.05) is 23.4 Å². The molecule has 1 fully saturated rings. The zero-order valence-corrected chi connectivity index (χ0v) is 6.31. The molecule has 0 unspecified atom stereocenters. The van der Waals surface area contributed by atoms with Crippen molar-refractivity contribution in [2.45, 2.75) is 0 Å². The second-order valence-corrected chi connectivity index (χ2v) is 2.41. The van der Waals surface area contributed by atoms with Crippen LogP contribution in [0.25, 0.3) is 0 Å². The van der Waals surface area contributed by atoms with Crippen LogP contribution in [-0.4, -0.2) is 22.8 Å². The third-order valence-corrected chi connectivity index (χ3v) is 1.61. The molecule has 1 N–H and O–H groups in total. The minimum atomic E-state index is 0.530. The Balaban J connectivity index is 2.23. The predicted molar refractivity (Wildman–Crippen MR) is 43.0 cm³/mol. The van der Waals surface area contributed by atoms with Gasteiger partial charge in [-0.1, -0.05) is 0 Å². The molecule has 2 heterocycles. The van der Waals surface area contributed by atoms with E-state index in [4.69, 9.17) is 5.26 Å². The average molecular weight is 161 g/mol. The molecule has 0 bridgehead atoms. The lowest BCUT2D eigenvalue weighted by Gasteiger charge is -2.07. The third-order valence-electron chi connectivity index (χ3n) is 1.61. The molecule has 5 nitrogen and oxygen atoms in total. The van der Waals surface area contributed by atoms with Gasteiger partial charge >= 0.3 is 0 Å². The van der Waals surface area contributed by atoms with E-state index in [1.165, 1.54) is 5.01 Å². The quantitative estimate of drug-likeness (QED) is 0.506. The van der Waals surface area contributed by atoms with Gasteiger partial charge in [0, 0.05) is 12.4 Å². The van der Waals surface area contributed by atoms with Crippen molar-refractivity contribution in [2.24, 2.45) is 4.99 Å². The van der Waals surface area contributed by atoms with E-state index in [2.05, 4.69) is 10.4 Å². The lowest BCUT2D eigenvalue weighted by molar-refractivity contribution is 0.345. The first-order chi connectivity index (χ1) is 5.90. The number of nitriles is 1. The molecule has 1 saturated heterocycles. The van der Waals surface area contributed by atoms with Gasteiger partial charge < -0.3 is 4.90 Å². The highest BCUT2D eigenvalue weighted by Gasteiger charge is 2.20. The molecule has 2 rings (SSSR count). The Morgan fingerprint density at radius 3 is 3.42 bits per heavy atom. The molecular weight excluding hydrogens is 154 g/mol. The molecule has 0 aliphatic carbocycles. The fraction of sp³-hybridized carbons (Fsp3) is 0.143. The van der Waals surface area contributed by atoms with Crippen LogP contribution in [-0.2, 0) is 0 Å². The molecule has 2 aliphatic heterocycles. The van der Waals surface area contributed by atoms with Crippen molar-refractivity contribution in [1.29, 1.82) is 5.26 Å². The molecule has 0 radical (unpaired) electrons. The van der Waals surface area contributed by atoms with Gasteiger partial charge in [0.25, 0.3) is 0 Å². The molecule has 12 heavy (non-hydrogen) atoms. The number of rotatable bonds is 0. The van der Waals surface area contributed by atoms with E-state index in [0.717, 1.165) is 5.82 Å². The summed E-state index contributed by atoms with van der Waals surface area (Å²) < 4.78 is 0. The Hall–Kier alpha value is -1.96. The zero-order valence-electron chi connectivity index (χ0n) is 6.31. The smallest absolute Gasteiger partial charge is 0.201 e. The highest BCUT2D eigenvalue weighted by molar-refractivity contribution is 5.72. The SMILES string of the molecule is N#CN1CN2C=CC=NC=C2N1. The van der Waals surface area contributed by atoms with Crippen LogP contribution in [0.4, 0.5) is 0 Å². The summed E-state index contributed by atoms with van der Waals surface area (Å²) in [6.07, 6.45) is 9.06. The minimum Gasteiger partial charge on any atom is -0.311 e. The van der Waals surface area contributed by atoms with Crippen LogP contribution in [0.15, 0.2) is 29.3 Å². The third kappa shape index (κ3) is 0.992. The highest BCUT2D eigenvalue weighted by atomic mass is 15.6. The van der Waals surface area contributed by atoms with E-state index >= 15 is 0 Å². The Labute approximate surface area is 69.9 Å². The largest absolute Gasteiger partial charge is 0.311 e. The van der Waals surface area contributed by atoms with Gasteiger partial charge in [0.2, 0.25) is 6.19 Å². The zero-order chi connectivity index (χ0) is 8.39. The van der Waals surface area contributed by atoms with Crippen LogP contribution in [0.5, 0.6) is 0 Å². The monoisotopic (exact) mass is 161 g/mol. The number of allylic oxidation sites excluding steroid dienone is 1. The number of hydrogen-bond donors (Lipinski definition) is 1. The summed E-state index contributed by atoms with van der Waals surface area (Å²) in [5.74, 6) is 0.821. The molecule has 0 saturated carbocycles. The topological polar surface area (TPSA) is 54.7 Å². The summed E-state index contributed by atoms with van der Waals surface area (Å²) in [6.45, 7) is 0.530. The van der Waals surface area contributed by atoms with Crippen LogP contribution in [0.1, 0.15) is 0 Å². The molecule has 0 spiro atoms. The van der Waals surface area contributed by atoms with Crippen LogP contribution in [0, 0.1) is 11.5 Å². The molecule has 0 aromatic rings. The van der Waals surface area contributed by atoms with Crippen molar-refractivity contribution < 1.29 is 0 Å². The van der Waals surface area contributed by atoms with Crippen LogP contribution in [0.2, 0.25) is 0 Å². The van der Waals surface area contributed by atoms with Gasteiger partial charge in [-0.25, -0.2) is 5.01 Å². The predicted octanol–water partition coefficient (Wildman–Crippen LogP) is -0.0558. The second-order valence-electron chi connectivity index (χ2n) is 2.41. The molecule has 2 aliphatic rings. The molecule has 60 valence electrons. The first kappa shape index (κ1) is 6.73. The summed E-state index contributed by atoms with van der Waals surface area (Å²) in [5.41, 5.74) is 2.88. The number of hydrogen-bond acceptors (Lipinski definition) is 5. The van der Waals surface area contributed by atoms with Gasteiger partial charge in [0.15, 0.2) is 0 Å². The highest BCUT2D eigenvalue weighted by Crippen LogP contribution is 2.12. The van der Waals surface area contributed by atoms with Crippen molar-refractivity contribution in [3.05, 3.63) is 24.3 Å². The maximum absolute atomic E-state index is 8.58. The van der Waals surface area contributed by atoms with E-state index in [0.29, 0.717) is 6.67 Å². The number of fused-ring (bicyclic) bond motifs is 1. The molecule has 0 atom stereocenters. The Morgan fingerprint density at radius 1 is 1.67 bits per heavy atom. The number of nitrogens with one attached hydrogen (secondary N) is 1. The van der Waals surface area contributed by atoms with Crippen LogP contribution in [0.3, 0.4) is 0 Å². The minimum absolute atomic E-state index is 0.530. The summed E-state index contributed by atoms with van der Waals surface area (Å²) in [7, 11) is 0. The van der Waals surface area contributed by atoms with Crippen molar-refractivity contribution in [2.75, 3.05) is 6.67 Å². The summed E-state index contributed by atoms with van der Waals surface area (Å²) in [5, 5.41) is 10.0. The summed E-state index contributed by atoms with van der Waals surface area (Å²) >= 11 is 0. The number of aliphatic imine (C=N–C) groups is 1. The summed E-state index contributed by atoms with van der Waals surface area (Å²) in [6, 6.07) is 0. The normalized spacial score (nSPS) is 19.4. The van der Waals surface area contributed by atoms with Gasteiger partial charge in [0.05, 0.1) is 6.20 Å². The van der Waals surface area contributed by atoms with Gasteiger partial charge in [-0.05, 0) is 6.08 Å². The van der Waals surface area contributed by atoms with Crippen LogP contribution >= 0.6 is 0 Å². The van der Waals surface area contributed by atoms with Gasteiger partial charge in [-0.3, -0.25) is 10.4 Å². The van der Waals surface area contributed by atoms with Crippen molar-refractivity contribution in [3.63, 3.8) is 0 Å². The fourth-order valence-corrected chi connectivity index (χ4v) is 1.06. The van der Waals surface area contributed by atoms with Gasteiger partial charge in [0.1, 0.15) is 12.5 Å². The second kappa shape index (κ2) is 2.58. The van der Waals surface area contributed by atoms with Gasteiger partial charge in [-0.15, -0.1) is 0 Å². The van der Waals surface area contributed by atoms with E-state index in [-0.39, 0.29) is 0 Å². The molecule has 5 heteroatoms. The molecule has 0 amide bonds. The number of hydrazine groups is 1. The van der Waals surface area contributed by atoms with E-state index in [9.17, 15) is 0 Å². The Bertz CT molecular complexity index is 308. The lowest BCUT2D eigenvalue weighted by Crippen LogP contribution is -2.24. The first-order valence-corrected chi connectivity index (χ1v) is 3.51. The summed E-state index contributed by atoms with van der Waals surface area (Å²) in [4.78, 5) is 5.87. The van der Waals surface area contributed by atoms with Crippen molar-refractivity contribution >= 4 is 6.21 Å². The molecule has 0 aromatic carbocycles. The standard InChI is InChI=1S/C7H7N5/c8-5-12-6-11-3-1-2-9-4-7(11)10-12/h1-4,10H,6H2. The van der Waals surface area contributed by atoms with Crippen LogP contribution < -0.4 is 5.43 Å².